The van der Waals surface area contributed by atoms with Crippen LogP contribution < -0.4 is 5.32 Å². The zero-order chi connectivity index (χ0) is 18.5. The van der Waals surface area contributed by atoms with Crippen LogP contribution in [0, 0.1) is 5.82 Å². The highest BCUT2D eigenvalue weighted by atomic mass is 32.1. The molecule has 2 aromatic carbocycles. The molecule has 1 fully saturated rings. The number of thiophene rings is 1. The lowest BCUT2D eigenvalue weighted by molar-refractivity contribution is 0.216. The fourth-order valence-corrected chi connectivity index (χ4v) is 4.81. The summed E-state index contributed by atoms with van der Waals surface area (Å²) in [6.07, 6.45) is 0. The van der Waals surface area contributed by atoms with Gasteiger partial charge < -0.3 is 20.2 Å². The minimum Gasteiger partial charge on any atom is -0.507 e. The van der Waals surface area contributed by atoms with Gasteiger partial charge in [-0.2, -0.15) is 0 Å². The molecule has 27 heavy (non-hydrogen) atoms. The van der Waals surface area contributed by atoms with Crippen LogP contribution in [0.3, 0.4) is 0 Å². The molecular weight excluding hydrogens is 363 g/mol. The van der Waals surface area contributed by atoms with Crippen molar-refractivity contribution in [2.24, 2.45) is 4.99 Å². The first-order chi connectivity index (χ1) is 13.1. The molecule has 0 unspecified atom stereocenters. The number of nitrogens with zero attached hydrogens (tertiary/aromatic N) is 3. The molecule has 2 aliphatic heterocycles. The first-order valence-corrected chi connectivity index (χ1v) is 9.75. The third kappa shape index (κ3) is 2.74. The van der Waals surface area contributed by atoms with Crippen LogP contribution >= 0.6 is 11.3 Å². The van der Waals surface area contributed by atoms with Crippen LogP contribution in [0.5, 0.6) is 5.75 Å². The number of piperazine rings is 1. The van der Waals surface area contributed by atoms with Crippen molar-refractivity contribution in [1.29, 1.82) is 0 Å². The van der Waals surface area contributed by atoms with Gasteiger partial charge in [0.15, 0.2) is 0 Å². The molecular formula is C20H19FN4OS. The number of phenolic OH excluding ortho intramolecular Hbond substituents is 1. The van der Waals surface area contributed by atoms with Crippen molar-refractivity contribution in [2.75, 3.05) is 38.5 Å². The first-order valence-electron chi connectivity index (χ1n) is 8.94. The van der Waals surface area contributed by atoms with E-state index in [0.717, 1.165) is 52.7 Å². The van der Waals surface area contributed by atoms with Crippen molar-refractivity contribution in [3.05, 3.63) is 47.8 Å². The van der Waals surface area contributed by atoms with E-state index in [9.17, 15) is 9.50 Å². The van der Waals surface area contributed by atoms with Gasteiger partial charge in [-0.3, -0.25) is 0 Å². The monoisotopic (exact) mass is 382 g/mol. The Balaban J connectivity index is 1.75. The fourth-order valence-electron chi connectivity index (χ4n) is 3.68. The predicted molar refractivity (Wildman–Crippen MR) is 108 cm³/mol. The number of aliphatic imine (C=N–C) groups is 1. The summed E-state index contributed by atoms with van der Waals surface area (Å²) in [5.41, 5.74) is 2.25. The molecule has 3 aromatic rings. The molecule has 5 nitrogen and oxygen atoms in total. The highest BCUT2D eigenvalue weighted by Crippen LogP contribution is 2.46. The van der Waals surface area contributed by atoms with Crippen LogP contribution in [0.1, 0.15) is 5.56 Å². The van der Waals surface area contributed by atoms with Gasteiger partial charge in [-0.15, -0.1) is 11.3 Å². The summed E-state index contributed by atoms with van der Waals surface area (Å²) >= 11 is 1.55. The van der Waals surface area contributed by atoms with Crippen molar-refractivity contribution in [2.45, 2.75) is 0 Å². The van der Waals surface area contributed by atoms with Gasteiger partial charge in [-0.25, -0.2) is 9.38 Å². The van der Waals surface area contributed by atoms with Crippen LogP contribution in [0.15, 0.2) is 41.4 Å². The summed E-state index contributed by atoms with van der Waals surface area (Å²) in [6, 6.07) is 10.1. The second-order valence-electron chi connectivity index (χ2n) is 6.97. The SMILES string of the molecule is CN1CCN(C2=Nc3ccc(F)cc3Nc3sc4cccc(O)c4c32)CC1. The Morgan fingerprint density at radius 3 is 2.78 bits per heavy atom. The summed E-state index contributed by atoms with van der Waals surface area (Å²) in [6.45, 7) is 3.62. The molecule has 0 bridgehead atoms. The quantitative estimate of drug-likeness (QED) is 0.614. The van der Waals surface area contributed by atoms with Gasteiger partial charge >= 0.3 is 0 Å². The molecule has 0 spiro atoms. The maximum absolute atomic E-state index is 13.8. The molecule has 1 saturated heterocycles. The maximum atomic E-state index is 13.8. The molecule has 0 saturated carbocycles. The fraction of sp³-hybridized carbons (Fsp3) is 0.250. The number of hydrogen-bond acceptors (Lipinski definition) is 6. The summed E-state index contributed by atoms with van der Waals surface area (Å²) in [5, 5.41) is 15.6. The van der Waals surface area contributed by atoms with E-state index in [0.29, 0.717) is 11.4 Å². The van der Waals surface area contributed by atoms with E-state index in [1.54, 1.807) is 23.5 Å². The van der Waals surface area contributed by atoms with E-state index >= 15 is 0 Å². The van der Waals surface area contributed by atoms with Gasteiger partial charge in [0.2, 0.25) is 0 Å². The number of fused-ring (bicyclic) bond motifs is 4. The van der Waals surface area contributed by atoms with Crippen LogP contribution in [0.25, 0.3) is 10.1 Å². The molecule has 0 aliphatic carbocycles. The highest BCUT2D eigenvalue weighted by Gasteiger charge is 2.28. The number of amidine groups is 1. The van der Waals surface area contributed by atoms with Crippen molar-refractivity contribution in [3.8, 4) is 5.75 Å². The van der Waals surface area contributed by atoms with Gasteiger partial charge in [0.1, 0.15) is 22.4 Å². The van der Waals surface area contributed by atoms with Gasteiger partial charge in [-0.05, 0) is 37.4 Å². The van der Waals surface area contributed by atoms with Gasteiger partial charge in [0, 0.05) is 36.3 Å². The van der Waals surface area contributed by atoms with Crippen LogP contribution in [0.4, 0.5) is 20.8 Å². The van der Waals surface area contributed by atoms with Crippen LogP contribution in [-0.2, 0) is 0 Å². The van der Waals surface area contributed by atoms with Gasteiger partial charge in [0.05, 0.1) is 16.9 Å². The molecule has 5 rings (SSSR count). The normalized spacial score (nSPS) is 17.1. The molecule has 1 aromatic heterocycles. The van der Waals surface area contributed by atoms with E-state index in [1.807, 2.05) is 12.1 Å². The Morgan fingerprint density at radius 1 is 1.15 bits per heavy atom. The van der Waals surface area contributed by atoms with Crippen LogP contribution in [-0.4, -0.2) is 54.0 Å². The molecule has 2 N–H and O–H groups in total. The highest BCUT2D eigenvalue weighted by molar-refractivity contribution is 7.23. The minimum atomic E-state index is -0.301. The Morgan fingerprint density at radius 2 is 1.96 bits per heavy atom. The van der Waals surface area contributed by atoms with Crippen molar-refractivity contribution < 1.29 is 9.50 Å². The maximum Gasteiger partial charge on any atom is 0.140 e. The average molecular weight is 382 g/mol. The third-order valence-corrected chi connectivity index (χ3v) is 6.22. The number of aromatic hydroxyl groups is 1. The number of rotatable bonds is 0. The summed E-state index contributed by atoms with van der Waals surface area (Å²) in [5.74, 6) is 0.777. The van der Waals surface area contributed by atoms with Gasteiger partial charge in [-0.1, -0.05) is 6.07 Å². The number of anilines is 2. The third-order valence-electron chi connectivity index (χ3n) is 5.15. The summed E-state index contributed by atoms with van der Waals surface area (Å²) in [4.78, 5) is 9.48. The van der Waals surface area contributed by atoms with E-state index < -0.39 is 0 Å². The van der Waals surface area contributed by atoms with E-state index in [-0.39, 0.29) is 11.6 Å². The molecule has 0 radical (unpaired) electrons. The Kier molecular flexibility index (Phi) is 3.80. The minimum absolute atomic E-state index is 0.241. The standard InChI is InChI=1S/C20H19FN4OS/c1-24-7-9-25(10-8-24)19-18-17-15(26)3-2-4-16(17)27-20(18)23-14-11-12(21)5-6-13(14)22-19/h2-6,11,23,26H,7-10H2,1H3. The number of nitrogens with one attached hydrogen (secondary N) is 1. The lowest BCUT2D eigenvalue weighted by Crippen LogP contribution is -2.47. The first kappa shape index (κ1) is 16.5. The zero-order valence-corrected chi connectivity index (χ0v) is 15.7. The molecule has 0 amide bonds. The number of hydrogen-bond donors (Lipinski definition) is 2. The van der Waals surface area contributed by atoms with Gasteiger partial charge in [0.25, 0.3) is 0 Å². The van der Waals surface area contributed by atoms with Crippen molar-refractivity contribution in [1.82, 2.24) is 9.80 Å². The topological polar surface area (TPSA) is 51.1 Å². The van der Waals surface area contributed by atoms with E-state index in [4.69, 9.17) is 4.99 Å². The number of likely N-dealkylation sites (N-methyl/N-ethyl adjacent to an activating group) is 1. The summed E-state index contributed by atoms with van der Waals surface area (Å²) < 4.78 is 14.8. The van der Waals surface area contributed by atoms with Crippen molar-refractivity contribution in [3.63, 3.8) is 0 Å². The lowest BCUT2D eigenvalue weighted by Gasteiger charge is -2.34. The molecule has 7 heteroatoms. The zero-order valence-electron chi connectivity index (χ0n) is 14.9. The Hall–Kier alpha value is -2.64. The Bertz CT molecular complexity index is 1070. The second-order valence-corrected chi connectivity index (χ2v) is 8.02. The number of halogens is 1. The lowest BCUT2D eigenvalue weighted by atomic mass is 10.1. The predicted octanol–water partition coefficient (Wildman–Crippen LogP) is 4.13. The van der Waals surface area contributed by atoms with E-state index in [1.165, 1.54) is 12.1 Å². The molecule has 2 aliphatic rings. The number of benzene rings is 2. The molecule has 3 heterocycles. The molecule has 138 valence electrons. The smallest absolute Gasteiger partial charge is 0.140 e. The summed E-state index contributed by atoms with van der Waals surface area (Å²) in [7, 11) is 2.11. The van der Waals surface area contributed by atoms with Crippen LogP contribution in [0.2, 0.25) is 0 Å². The Labute approximate surface area is 160 Å². The number of phenols is 1. The largest absolute Gasteiger partial charge is 0.507 e. The molecule has 0 atom stereocenters. The average Bonchev–Trinajstić information content (AvgIpc) is 2.94. The van der Waals surface area contributed by atoms with E-state index in [2.05, 4.69) is 22.2 Å². The second kappa shape index (κ2) is 6.21. The van der Waals surface area contributed by atoms with Crippen molar-refractivity contribution >= 4 is 43.6 Å².